The van der Waals surface area contributed by atoms with E-state index < -0.39 is 0 Å². The van der Waals surface area contributed by atoms with Crippen LogP contribution in [0.2, 0.25) is 0 Å². The lowest BCUT2D eigenvalue weighted by atomic mass is 10.0. The van der Waals surface area contributed by atoms with Gasteiger partial charge in [-0.25, -0.2) is 0 Å². The Balaban J connectivity index is 1.67. The third kappa shape index (κ3) is 3.67. The van der Waals surface area contributed by atoms with E-state index in [9.17, 15) is 0 Å². The minimum atomic E-state index is 0.301. The highest BCUT2D eigenvalue weighted by molar-refractivity contribution is 4.87. The first-order valence-electron chi connectivity index (χ1n) is 7.32. The van der Waals surface area contributed by atoms with Gasteiger partial charge in [-0.15, -0.1) is 0 Å². The zero-order chi connectivity index (χ0) is 12.3. The second-order valence-electron chi connectivity index (χ2n) is 6.30. The van der Waals surface area contributed by atoms with Crippen molar-refractivity contribution in [1.82, 2.24) is 15.1 Å². The van der Waals surface area contributed by atoms with Gasteiger partial charge in [0, 0.05) is 44.3 Å². The lowest BCUT2D eigenvalue weighted by molar-refractivity contribution is 0.103. The molecule has 0 spiro atoms. The van der Waals surface area contributed by atoms with Crippen LogP contribution in [0.1, 0.15) is 40.0 Å². The molecule has 0 bridgehead atoms. The van der Waals surface area contributed by atoms with Gasteiger partial charge in [-0.3, -0.25) is 9.80 Å². The number of piperazine rings is 1. The summed E-state index contributed by atoms with van der Waals surface area (Å²) in [6.07, 6.45) is 4.04. The fourth-order valence-electron chi connectivity index (χ4n) is 2.94. The van der Waals surface area contributed by atoms with Crippen LogP contribution in [-0.2, 0) is 0 Å². The van der Waals surface area contributed by atoms with Crippen LogP contribution in [0, 0.1) is 0 Å². The molecule has 0 radical (unpaired) electrons. The maximum absolute atomic E-state index is 3.66. The Morgan fingerprint density at radius 1 is 1.24 bits per heavy atom. The smallest absolute Gasteiger partial charge is 0.0224 e. The van der Waals surface area contributed by atoms with Crippen molar-refractivity contribution < 1.29 is 0 Å². The zero-order valence-corrected chi connectivity index (χ0v) is 11.8. The van der Waals surface area contributed by atoms with Gasteiger partial charge in [0.2, 0.25) is 0 Å². The Bertz CT molecular complexity index is 240. The van der Waals surface area contributed by atoms with Crippen molar-refractivity contribution in [2.75, 3.05) is 39.3 Å². The molecule has 0 saturated carbocycles. The van der Waals surface area contributed by atoms with Crippen LogP contribution in [0.25, 0.3) is 0 Å². The molecule has 2 saturated heterocycles. The van der Waals surface area contributed by atoms with Gasteiger partial charge in [-0.1, -0.05) is 6.92 Å². The van der Waals surface area contributed by atoms with E-state index in [0.717, 1.165) is 12.6 Å². The molecule has 1 atom stereocenters. The summed E-state index contributed by atoms with van der Waals surface area (Å²) in [5.41, 5.74) is 0.301. The molecule has 1 N–H and O–H groups in total. The molecule has 2 fully saturated rings. The highest BCUT2D eigenvalue weighted by Gasteiger charge is 2.30. The Morgan fingerprint density at radius 3 is 2.82 bits per heavy atom. The highest BCUT2D eigenvalue weighted by Crippen LogP contribution is 2.21. The molecule has 100 valence electrons. The molecule has 2 rings (SSSR count). The molecule has 0 aromatic rings. The van der Waals surface area contributed by atoms with E-state index in [1.54, 1.807) is 0 Å². The molecular weight excluding hydrogens is 210 g/mol. The van der Waals surface area contributed by atoms with Gasteiger partial charge in [-0.2, -0.15) is 0 Å². The molecule has 1 unspecified atom stereocenters. The molecule has 0 amide bonds. The molecule has 3 heteroatoms. The monoisotopic (exact) mass is 239 g/mol. The Morgan fingerprint density at radius 2 is 2.06 bits per heavy atom. The second-order valence-corrected chi connectivity index (χ2v) is 6.30. The minimum Gasteiger partial charge on any atom is -0.311 e. The quantitative estimate of drug-likeness (QED) is 0.785. The number of nitrogens with one attached hydrogen (secondary N) is 1. The molecule has 2 aliphatic heterocycles. The van der Waals surface area contributed by atoms with Crippen LogP contribution in [0.5, 0.6) is 0 Å². The lowest BCUT2D eigenvalue weighted by Crippen LogP contribution is -2.52. The molecule has 0 aliphatic carbocycles. The molecule has 0 aromatic carbocycles. The summed E-state index contributed by atoms with van der Waals surface area (Å²) in [4.78, 5) is 5.32. The molecule has 17 heavy (non-hydrogen) atoms. The standard InChI is InChI=1S/C14H29N3/c1-4-14(2,3)15-7-9-16-10-11-17-8-5-6-13(17)12-16/h13,15H,4-12H2,1-3H3. The first-order chi connectivity index (χ1) is 8.11. The normalized spacial score (nSPS) is 27.4. The number of rotatable bonds is 5. The summed E-state index contributed by atoms with van der Waals surface area (Å²) in [6.45, 7) is 14.4. The fourth-order valence-corrected chi connectivity index (χ4v) is 2.94. The van der Waals surface area contributed by atoms with E-state index in [1.165, 1.54) is 52.0 Å². The van der Waals surface area contributed by atoms with Crippen molar-refractivity contribution >= 4 is 0 Å². The van der Waals surface area contributed by atoms with E-state index >= 15 is 0 Å². The largest absolute Gasteiger partial charge is 0.311 e. The van der Waals surface area contributed by atoms with Crippen LogP contribution in [0.15, 0.2) is 0 Å². The number of fused-ring (bicyclic) bond motifs is 1. The summed E-state index contributed by atoms with van der Waals surface area (Å²) in [5, 5.41) is 3.66. The van der Waals surface area contributed by atoms with Gasteiger partial charge < -0.3 is 5.32 Å². The maximum Gasteiger partial charge on any atom is 0.0224 e. The molecule has 0 aromatic heterocycles. The van der Waals surface area contributed by atoms with Gasteiger partial charge in [0.15, 0.2) is 0 Å². The summed E-state index contributed by atoms with van der Waals surface area (Å²) >= 11 is 0. The van der Waals surface area contributed by atoms with Gasteiger partial charge in [0.25, 0.3) is 0 Å². The van der Waals surface area contributed by atoms with E-state index in [-0.39, 0.29) is 0 Å². The third-order valence-electron chi connectivity index (χ3n) is 4.59. The number of hydrogen-bond acceptors (Lipinski definition) is 3. The Hall–Kier alpha value is -0.120. The Labute approximate surface area is 107 Å². The number of hydrogen-bond donors (Lipinski definition) is 1. The van der Waals surface area contributed by atoms with Crippen molar-refractivity contribution in [3.63, 3.8) is 0 Å². The molecule has 3 nitrogen and oxygen atoms in total. The molecule has 2 heterocycles. The lowest BCUT2D eigenvalue weighted by Gasteiger charge is -2.38. The first kappa shape index (κ1) is 13.3. The van der Waals surface area contributed by atoms with Crippen LogP contribution >= 0.6 is 0 Å². The summed E-state index contributed by atoms with van der Waals surface area (Å²) in [6, 6.07) is 0.864. The van der Waals surface area contributed by atoms with Crippen LogP contribution in [0.4, 0.5) is 0 Å². The topological polar surface area (TPSA) is 18.5 Å². The summed E-state index contributed by atoms with van der Waals surface area (Å²) in [7, 11) is 0. The van der Waals surface area contributed by atoms with E-state index in [2.05, 4.69) is 35.9 Å². The minimum absolute atomic E-state index is 0.301. The average molecular weight is 239 g/mol. The third-order valence-corrected chi connectivity index (χ3v) is 4.59. The molecular formula is C14H29N3. The van der Waals surface area contributed by atoms with E-state index in [0.29, 0.717) is 5.54 Å². The summed E-state index contributed by atoms with van der Waals surface area (Å²) < 4.78 is 0. The van der Waals surface area contributed by atoms with Gasteiger partial charge >= 0.3 is 0 Å². The predicted molar refractivity (Wildman–Crippen MR) is 73.4 cm³/mol. The number of nitrogens with zero attached hydrogens (tertiary/aromatic N) is 2. The van der Waals surface area contributed by atoms with Crippen molar-refractivity contribution in [1.29, 1.82) is 0 Å². The van der Waals surface area contributed by atoms with Crippen LogP contribution in [0.3, 0.4) is 0 Å². The van der Waals surface area contributed by atoms with Crippen molar-refractivity contribution in [2.24, 2.45) is 0 Å². The van der Waals surface area contributed by atoms with E-state index in [4.69, 9.17) is 0 Å². The Kier molecular flexibility index (Phi) is 4.45. The maximum atomic E-state index is 3.66. The fraction of sp³-hybridized carbons (Fsp3) is 1.00. The SMILES string of the molecule is CCC(C)(C)NCCN1CCN2CCCC2C1. The average Bonchev–Trinajstić information content (AvgIpc) is 2.76. The highest BCUT2D eigenvalue weighted by atomic mass is 15.3. The van der Waals surface area contributed by atoms with Gasteiger partial charge in [-0.05, 0) is 39.7 Å². The first-order valence-corrected chi connectivity index (χ1v) is 7.32. The van der Waals surface area contributed by atoms with Gasteiger partial charge in [0.1, 0.15) is 0 Å². The second kappa shape index (κ2) is 5.68. The zero-order valence-electron chi connectivity index (χ0n) is 11.8. The predicted octanol–water partition coefficient (Wildman–Crippen LogP) is 1.54. The van der Waals surface area contributed by atoms with Gasteiger partial charge in [0.05, 0.1) is 0 Å². The van der Waals surface area contributed by atoms with Crippen LogP contribution < -0.4 is 5.32 Å². The van der Waals surface area contributed by atoms with E-state index in [1.807, 2.05) is 0 Å². The van der Waals surface area contributed by atoms with Crippen LogP contribution in [-0.4, -0.2) is 60.6 Å². The van der Waals surface area contributed by atoms with Crippen molar-refractivity contribution in [2.45, 2.75) is 51.6 Å². The summed E-state index contributed by atoms with van der Waals surface area (Å²) in [5.74, 6) is 0. The molecule has 2 aliphatic rings. The van der Waals surface area contributed by atoms with Crippen molar-refractivity contribution in [3.8, 4) is 0 Å². The van der Waals surface area contributed by atoms with Crippen molar-refractivity contribution in [3.05, 3.63) is 0 Å².